The first-order chi connectivity index (χ1) is 8.56. The van der Waals surface area contributed by atoms with E-state index in [9.17, 15) is 9.59 Å². The van der Waals surface area contributed by atoms with Crippen LogP contribution in [0.1, 0.15) is 6.92 Å². The molecule has 0 aliphatic heterocycles. The summed E-state index contributed by atoms with van der Waals surface area (Å²) in [4.78, 5) is 22.4. The van der Waals surface area contributed by atoms with Crippen molar-refractivity contribution in [3.8, 4) is 5.75 Å². The number of aliphatic hydroxyl groups is 1. The molecule has 18 heavy (non-hydrogen) atoms. The molecule has 6 heteroatoms. The molecule has 0 aliphatic carbocycles. The van der Waals surface area contributed by atoms with Gasteiger partial charge in [0.1, 0.15) is 12.4 Å². The van der Waals surface area contributed by atoms with Crippen molar-refractivity contribution in [3.63, 3.8) is 0 Å². The number of carbonyl (C=O) groups is 2. The average molecular weight is 250 g/mol. The number of nitrogens with one attached hydrogen (secondary N) is 2. The zero-order chi connectivity index (χ0) is 13.5. The van der Waals surface area contributed by atoms with E-state index in [1.807, 2.05) is 0 Å². The van der Waals surface area contributed by atoms with Gasteiger partial charge in [0.05, 0.1) is 12.3 Å². The van der Waals surface area contributed by atoms with Gasteiger partial charge in [0.25, 0.3) is 5.91 Å². The Balaban J connectivity index is 2.80. The van der Waals surface area contributed by atoms with Crippen molar-refractivity contribution < 1.29 is 19.4 Å². The van der Waals surface area contributed by atoms with E-state index in [4.69, 9.17) is 15.3 Å². The molecule has 0 spiro atoms. The minimum atomic E-state index is -0.789. The summed E-state index contributed by atoms with van der Waals surface area (Å²) in [6.07, 6.45) is 0. The molecule has 1 aromatic carbocycles. The van der Waals surface area contributed by atoms with Crippen LogP contribution in [0.5, 0.6) is 5.75 Å². The highest BCUT2D eigenvalue weighted by Crippen LogP contribution is 2.23. The fourth-order valence-electron chi connectivity index (χ4n) is 1.20. The maximum atomic E-state index is 11.5. The molecule has 0 saturated heterocycles. The van der Waals surface area contributed by atoms with Crippen LogP contribution >= 0.6 is 0 Å². The Hall–Kier alpha value is -2.21. The van der Waals surface area contributed by atoms with Gasteiger partial charge in [-0.25, -0.2) is 0 Å². The number of hydrogen-bond donors (Lipinski definition) is 3. The molecule has 0 atom stereocenters. The lowest BCUT2D eigenvalue weighted by molar-refractivity contribution is -0.114. The zero-order valence-corrected chi connectivity index (χ0v) is 9.90. The van der Waals surface area contributed by atoms with E-state index in [2.05, 4.69) is 5.32 Å². The molecule has 6 nitrogen and oxygen atoms in total. The number of para-hydroxylation sites is 2. The Bertz CT molecular complexity index is 471. The van der Waals surface area contributed by atoms with Crippen LogP contribution in [0.3, 0.4) is 0 Å². The molecule has 1 amide bonds. The van der Waals surface area contributed by atoms with Crippen LogP contribution in [0.2, 0.25) is 0 Å². The van der Waals surface area contributed by atoms with Crippen molar-refractivity contribution in [3.05, 3.63) is 24.3 Å². The number of ether oxygens (including phenoxy) is 1. The fourth-order valence-corrected chi connectivity index (χ4v) is 1.20. The van der Waals surface area contributed by atoms with Crippen molar-refractivity contribution in [2.24, 2.45) is 0 Å². The molecule has 96 valence electrons. The Labute approximate surface area is 104 Å². The number of amides is 1. The summed E-state index contributed by atoms with van der Waals surface area (Å²) in [6, 6.07) is 6.58. The molecule has 0 heterocycles. The lowest BCUT2D eigenvalue weighted by atomic mass is 10.2. The second-order valence-corrected chi connectivity index (χ2v) is 3.45. The molecule has 1 rings (SSSR count). The van der Waals surface area contributed by atoms with Gasteiger partial charge in [0.15, 0.2) is 11.5 Å². The normalized spacial score (nSPS) is 9.67. The summed E-state index contributed by atoms with van der Waals surface area (Å²) in [5.41, 5.74) is -0.270. The predicted octanol–water partition coefficient (Wildman–Crippen LogP) is 0.605. The van der Waals surface area contributed by atoms with Crippen LogP contribution in [-0.2, 0) is 9.59 Å². The van der Waals surface area contributed by atoms with Gasteiger partial charge in [-0.2, -0.15) is 0 Å². The summed E-state index contributed by atoms with van der Waals surface area (Å²) in [7, 11) is 0. The van der Waals surface area contributed by atoms with Crippen LogP contribution in [-0.4, -0.2) is 35.7 Å². The summed E-state index contributed by atoms with van der Waals surface area (Å²) >= 11 is 0. The number of rotatable bonds is 6. The average Bonchev–Trinajstić information content (AvgIpc) is 2.36. The number of benzene rings is 1. The van der Waals surface area contributed by atoms with Gasteiger partial charge >= 0.3 is 0 Å². The van der Waals surface area contributed by atoms with E-state index in [0.29, 0.717) is 11.4 Å². The third kappa shape index (κ3) is 3.67. The van der Waals surface area contributed by atoms with Gasteiger partial charge in [0, 0.05) is 6.92 Å². The number of ketones is 1. The molecule has 0 radical (unpaired) electrons. The van der Waals surface area contributed by atoms with Gasteiger partial charge in [-0.3, -0.25) is 15.0 Å². The first-order valence-electron chi connectivity index (χ1n) is 5.29. The van der Waals surface area contributed by atoms with Crippen LogP contribution in [0.4, 0.5) is 5.69 Å². The minimum Gasteiger partial charge on any atom is -0.489 e. The minimum absolute atomic E-state index is 0.0943. The summed E-state index contributed by atoms with van der Waals surface area (Å²) in [5.74, 6) is -1.03. The fraction of sp³-hybridized carbons (Fsp3) is 0.250. The van der Waals surface area contributed by atoms with Gasteiger partial charge in [-0.05, 0) is 12.1 Å². The molecule has 0 fully saturated rings. The van der Waals surface area contributed by atoms with Crippen LogP contribution in [0, 0.1) is 5.41 Å². The Kier molecular flexibility index (Phi) is 5.01. The van der Waals surface area contributed by atoms with E-state index in [0.717, 1.165) is 6.92 Å². The largest absolute Gasteiger partial charge is 0.489 e. The maximum Gasteiger partial charge on any atom is 0.277 e. The molecular formula is C12H14N2O4. The predicted molar refractivity (Wildman–Crippen MR) is 66.1 cm³/mol. The molecule has 0 aromatic heterocycles. The number of Topliss-reactive ketones (excluding diaryl/α,β-unsaturated/α-hetero) is 1. The number of aliphatic hydroxyl groups excluding tert-OH is 1. The molecular weight excluding hydrogens is 236 g/mol. The van der Waals surface area contributed by atoms with Crippen LogP contribution in [0.15, 0.2) is 24.3 Å². The monoisotopic (exact) mass is 250 g/mol. The zero-order valence-electron chi connectivity index (χ0n) is 9.90. The van der Waals surface area contributed by atoms with Crippen LogP contribution in [0.25, 0.3) is 0 Å². The molecule has 0 aliphatic rings. The van der Waals surface area contributed by atoms with Gasteiger partial charge in [0.2, 0.25) is 0 Å². The third-order valence-electron chi connectivity index (χ3n) is 2.06. The maximum absolute atomic E-state index is 11.5. The van der Waals surface area contributed by atoms with Crippen molar-refractivity contribution in [1.29, 1.82) is 5.41 Å². The lowest BCUT2D eigenvalue weighted by Gasteiger charge is -2.11. The summed E-state index contributed by atoms with van der Waals surface area (Å²) in [6.45, 7) is 1.10. The molecule has 3 N–H and O–H groups in total. The first-order valence-corrected chi connectivity index (χ1v) is 5.29. The standard InChI is InChI=1S/C12H14N2O4/c1-8(16)11(13)12(17)14-9-4-2-3-5-10(9)18-7-6-15/h2-5,13,15H,6-7H2,1H3,(H,14,17). The molecule has 0 saturated carbocycles. The van der Waals surface area contributed by atoms with Crippen molar-refractivity contribution >= 4 is 23.1 Å². The SMILES string of the molecule is CC(=O)C(=N)C(=O)Nc1ccccc1OCCO. The number of anilines is 1. The second kappa shape index (κ2) is 6.51. The highest BCUT2D eigenvalue weighted by molar-refractivity contribution is 6.66. The Morgan fingerprint density at radius 2 is 2.06 bits per heavy atom. The molecule has 0 unspecified atom stereocenters. The van der Waals surface area contributed by atoms with E-state index >= 15 is 0 Å². The summed E-state index contributed by atoms with van der Waals surface area (Å²) < 4.78 is 5.21. The van der Waals surface area contributed by atoms with Gasteiger partial charge in [-0.1, -0.05) is 12.1 Å². The lowest BCUT2D eigenvalue weighted by Crippen LogP contribution is -2.27. The Morgan fingerprint density at radius 3 is 2.67 bits per heavy atom. The van der Waals surface area contributed by atoms with Crippen LogP contribution < -0.4 is 10.1 Å². The van der Waals surface area contributed by atoms with Gasteiger partial charge < -0.3 is 15.2 Å². The second-order valence-electron chi connectivity index (χ2n) is 3.45. The third-order valence-corrected chi connectivity index (χ3v) is 2.06. The van der Waals surface area contributed by atoms with E-state index < -0.39 is 17.4 Å². The highest BCUT2D eigenvalue weighted by atomic mass is 16.5. The van der Waals surface area contributed by atoms with E-state index in [-0.39, 0.29) is 13.2 Å². The smallest absolute Gasteiger partial charge is 0.277 e. The van der Waals surface area contributed by atoms with Gasteiger partial charge in [-0.15, -0.1) is 0 Å². The van der Waals surface area contributed by atoms with E-state index in [1.54, 1.807) is 24.3 Å². The molecule has 1 aromatic rings. The highest BCUT2D eigenvalue weighted by Gasteiger charge is 2.15. The first kappa shape index (κ1) is 13.9. The van der Waals surface area contributed by atoms with E-state index in [1.165, 1.54) is 0 Å². The van der Waals surface area contributed by atoms with Crippen molar-refractivity contribution in [1.82, 2.24) is 0 Å². The molecule has 0 bridgehead atoms. The Morgan fingerprint density at radius 1 is 1.39 bits per heavy atom. The topological polar surface area (TPSA) is 99.5 Å². The number of carbonyl (C=O) groups excluding carboxylic acids is 2. The number of hydrogen-bond acceptors (Lipinski definition) is 5. The quantitative estimate of drug-likeness (QED) is 0.508. The van der Waals surface area contributed by atoms with Crippen molar-refractivity contribution in [2.75, 3.05) is 18.5 Å². The van der Waals surface area contributed by atoms with Crippen molar-refractivity contribution in [2.45, 2.75) is 6.92 Å². The summed E-state index contributed by atoms with van der Waals surface area (Å²) in [5, 5.41) is 18.3.